The summed E-state index contributed by atoms with van der Waals surface area (Å²) in [6.45, 7) is 1.41. The van der Waals surface area contributed by atoms with E-state index in [1.807, 2.05) is 0 Å². The first-order chi connectivity index (χ1) is 6.11. The minimum Gasteiger partial charge on any atom is -0.394 e. The summed E-state index contributed by atoms with van der Waals surface area (Å²) >= 11 is 0. The van der Waals surface area contributed by atoms with Crippen LogP contribution in [0.1, 0.15) is 6.92 Å². The van der Waals surface area contributed by atoms with Crippen LogP contribution in [0, 0.1) is 5.92 Å². The molecule has 5 nitrogen and oxygen atoms in total. The van der Waals surface area contributed by atoms with Crippen molar-refractivity contribution in [2.24, 2.45) is 5.92 Å². The Morgan fingerprint density at radius 2 is 1.92 bits per heavy atom. The predicted molar refractivity (Wildman–Crippen MR) is 43.9 cm³/mol. The molecule has 0 radical (unpaired) electrons. The van der Waals surface area contributed by atoms with Gasteiger partial charge in [-0.25, -0.2) is 0 Å². The number of aliphatic hydroxyl groups is 3. The quantitative estimate of drug-likeness (QED) is 0.507. The molecular weight excluding hydrogens is 176 g/mol. The summed E-state index contributed by atoms with van der Waals surface area (Å²) in [7, 11) is 1.41. The zero-order valence-electron chi connectivity index (χ0n) is 7.75. The van der Waals surface area contributed by atoms with E-state index in [9.17, 15) is 10.2 Å². The molecule has 0 aromatic rings. The van der Waals surface area contributed by atoms with E-state index >= 15 is 0 Å². The molecule has 0 aromatic heterocycles. The Morgan fingerprint density at radius 1 is 1.31 bits per heavy atom. The minimum absolute atomic E-state index is 0.280. The molecule has 1 aliphatic rings. The molecule has 78 valence electrons. The average Bonchev–Trinajstić information content (AvgIpc) is 2.15. The summed E-state index contributed by atoms with van der Waals surface area (Å²) in [5, 5.41) is 27.9. The van der Waals surface area contributed by atoms with E-state index in [0.29, 0.717) is 0 Å². The van der Waals surface area contributed by atoms with Gasteiger partial charge in [0.15, 0.2) is 6.29 Å². The van der Waals surface area contributed by atoms with E-state index in [0.717, 1.165) is 0 Å². The highest BCUT2D eigenvalue weighted by atomic mass is 16.7. The van der Waals surface area contributed by atoms with Gasteiger partial charge < -0.3 is 24.8 Å². The highest BCUT2D eigenvalue weighted by Crippen LogP contribution is 2.25. The maximum absolute atomic E-state index is 9.53. The highest BCUT2D eigenvalue weighted by molar-refractivity contribution is 4.86. The van der Waals surface area contributed by atoms with Crippen molar-refractivity contribution in [1.82, 2.24) is 0 Å². The van der Waals surface area contributed by atoms with Crippen molar-refractivity contribution in [3.05, 3.63) is 0 Å². The molecule has 0 saturated carbocycles. The van der Waals surface area contributed by atoms with Gasteiger partial charge in [-0.1, -0.05) is 6.92 Å². The molecule has 0 amide bonds. The van der Waals surface area contributed by atoms with Gasteiger partial charge in [-0.15, -0.1) is 0 Å². The lowest BCUT2D eigenvalue weighted by atomic mass is 9.91. The largest absolute Gasteiger partial charge is 0.394 e. The van der Waals surface area contributed by atoms with Gasteiger partial charge in [0, 0.05) is 13.0 Å². The van der Waals surface area contributed by atoms with E-state index in [2.05, 4.69) is 0 Å². The van der Waals surface area contributed by atoms with Crippen LogP contribution in [-0.2, 0) is 9.47 Å². The zero-order valence-corrected chi connectivity index (χ0v) is 7.75. The first-order valence-electron chi connectivity index (χ1n) is 4.27. The third-order valence-corrected chi connectivity index (χ3v) is 2.46. The molecule has 5 atom stereocenters. The van der Waals surface area contributed by atoms with Crippen LogP contribution in [0.3, 0.4) is 0 Å². The van der Waals surface area contributed by atoms with Crippen LogP contribution in [0.25, 0.3) is 0 Å². The lowest BCUT2D eigenvalue weighted by molar-refractivity contribution is -0.280. The zero-order chi connectivity index (χ0) is 10.0. The van der Waals surface area contributed by atoms with Crippen molar-refractivity contribution < 1.29 is 24.8 Å². The smallest absolute Gasteiger partial charge is 0.183 e. The van der Waals surface area contributed by atoms with Gasteiger partial charge >= 0.3 is 0 Å². The second-order valence-corrected chi connectivity index (χ2v) is 3.30. The lowest BCUT2D eigenvalue weighted by Crippen LogP contribution is -2.54. The maximum Gasteiger partial charge on any atom is 0.183 e. The van der Waals surface area contributed by atoms with Crippen molar-refractivity contribution in [3.8, 4) is 0 Å². The van der Waals surface area contributed by atoms with Crippen molar-refractivity contribution >= 4 is 0 Å². The molecule has 5 heteroatoms. The Bertz CT molecular complexity index is 143. The summed E-state index contributed by atoms with van der Waals surface area (Å²) in [4.78, 5) is 0. The normalized spacial score (nSPS) is 46.4. The Labute approximate surface area is 76.9 Å². The van der Waals surface area contributed by atoms with Crippen LogP contribution in [-0.4, -0.2) is 53.6 Å². The first kappa shape index (κ1) is 10.9. The number of hydrogen-bond donors (Lipinski definition) is 3. The second kappa shape index (κ2) is 4.34. The van der Waals surface area contributed by atoms with Crippen LogP contribution in [0.2, 0.25) is 0 Å². The summed E-state index contributed by atoms with van der Waals surface area (Å²) < 4.78 is 9.97. The highest BCUT2D eigenvalue weighted by Gasteiger charge is 2.41. The number of methoxy groups -OCH3 is 1. The second-order valence-electron chi connectivity index (χ2n) is 3.30. The van der Waals surface area contributed by atoms with Gasteiger partial charge in [-0.3, -0.25) is 0 Å². The van der Waals surface area contributed by atoms with Crippen LogP contribution >= 0.6 is 0 Å². The van der Waals surface area contributed by atoms with E-state index in [4.69, 9.17) is 14.6 Å². The lowest BCUT2D eigenvalue weighted by Gasteiger charge is -2.40. The molecule has 0 aromatic carbocycles. The van der Waals surface area contributed by atoms with Gasteiger partial charge in [0.2, 0.25) is 0 Å². The van der Waals surface area contributed by atoms with Crippen LogP contribution < -0.4 is 0 Å². The van der Waals surface area contributed by atoms with E-state index < -0.39 is 24.6 Å². The van der Waals surface area contributed by atoms with Crippen LogP contribution in [0.4, 0.5) is 0 Å². The molecule has 1 heterocycles. The predicted octanol–water partition coefficient (Wildman–Crippen LogP) is -1.29. The summed E-state index contributed by atoms with van der Waals surface area (Å²) in [5.41, 5.74) is 0. The van der Waals surface area contributed by atoms with Gasteiger partial charge in [0.25, 0.3) is 0 Å². The molecule has 3 N–H and O–H groups in total. The van der Waals surface area contributed by atoms with Crippen molar-refractivity contribution in [1.29, 1.82) is 0 Å². The van der Waals surface area contributed by atoms with Crippen molar-refractivity contribution in [3.63, 3.8) is 0 Å². The Morgan fingerprint density at radius 3 is 2.38 bits per heavy atom. The molecule has 13 heavy (non-hydrogen) atoms. The topological polar surface area (TPSA) is 79.2 Å². The van der Waals surface area contributed by atoms with Gasteiger partial charge in [0.1, 0.15) is 12.2 Å². The standard InChI is InChI=1S/C8H16O5/c1-4-6(10)5(3-9)13-8(12-2)7(4)11/h4-11H,3H2,1-2H3/t4-,5?,6+,7?,8+/m0/s1. The van der Waals surface area contributed by atoms with E-state index in [-0.39, 0.29) is 12.5 Å². The molecule has 0 spiro atoms. The molecule has 2 unspecified atom stereocenters. The number of rotatable bonds is 2. The Kier molecular flexibility index (Phi) is 3.63. The molecular formula is C8H16O5. The first-order valence-corrected chi connectivity index (χ1v) is 4.27. The SMILES string of the molecule is CO[C@@H]1OC(CO)[C@H](O)[C@H](C)C1O. The minimum atomic E-state index is -0.859. The fraction of sp³-hybridized carbons (Fsp3) is 1.00. The third kappa shape index (κ3) is 2.00. The molecule has 1 fully saturated rings. The van der Waals surface area contributed by atoms with Gasteiger partial charge in [0.05, 0.1) is 12.7 Å². The van der Waals surface area contributed by atoms with E-state index in [1.165, 1.54) is 7.11 Å². The van der Waals surface area contributed by atoms with Crippen molar-refractivity contribution in [2.75, 3.05) is 13.7 Å². The molecule has 0 bridgehead atoms. The molecule has 1 rings (SSSR count). The summed E-state index contributed by atoms with van der Waals surface area (Å²) in [5.74, 6) is -0.365. The van der Waals surface area contributed by atoms with E-state index in [1.54, 1.807) is 6.92 Å². The van der Waals surface area contributed by atoms with Crippen LogP contribution in [0.15, 0.2) is 0 Å². The molecule has 0 aliphatic carbocycles. The maximum atomic E-state index is 9.53. The number of aliphatic hydroxyl groups excluding tert-OH is 3. The fourth-order valence-corrected chi connectivity index (χ4v) is 1.47. The Hall–Kier alpha value is -0.200. The number of ether oxygens (including phenoxy) is 2. The summed E-state index contributed by atoms with van der Waals surface area (Å²) in [6, 6.07) is 0. The van der Waals surface area contributed by atoms with Crippen molar-refractivity contribution in [2.45, 2.75) is 31.5 Å². The van der Waals surface area contributed by atoms with Crippen LogP contribution in [0.5, 0.6) is 0 Å². The van der Waals surface area contributed by atoms with Gasteiger partial charge in [-0.05, 0) is 0 Å². The number of hydrogen-bond acceptors (Lipinski definition) is 5. The fourth-order valence-electron chi connectivity index (χ4n) is 1.47. The Balaban J connectivity index is 2.66. The van der Waals surface area contributed by atoms with Gasteiger partial charge in [-0.2, -0.15) is 0 Å². The third-order valence-electron chi connectivity index (χ3n) is 2.46. The molecule has 1 saturated heterocycles. The monoisotopic (exact) mass is 192 g/mol. The average molecular weight is 192 g/mol. The molecule has 1 aliphatic heterocycles. The summed E-state index contributed by atoms with van der Waals surface area (Å²) in [6.07, 6.45) is -3.16.